The molecule has 8 heteroatoms. The molecule has 1 fully saturated rings. The van der Waals surface area contributed by atoms with Crippen LogP contribution in [0, 0.1) is 0 Å². The van der Waals surface area contributed by atoms with Crippen molar-refractivity contribution in [2.24, 2.45) is 0 Å². The molecule has 0 spiro atoms. The van der Waals surface area contributed by atoms with Gasteiger partial charge in [-0.1, -0.05) is 97.9 Å². The number of benzene rings is 4. The quantitative estimate of drug-likeness (QED) is 0.136. The number of fused-ring (bicyclic) bond motifs is 1. The summed E-state index contributed by atoms with van der Waals surface area (Å²) >= 11 is 0. The van der Waals surface area contributed by atoms with Gasteiger partial charge in [0.25, 0.3) is 5.56 Å². The minimum absolute atomic E-state index is 0.0850. The lowest BCUT2D eigenvalue weighted by Gasteiger charge is -2.34. The van der Waals surface area contributed by atoms with Gasteiger partial charge in [-0.3, -0.25) is 18.7 Å². The predicted molar refractivity (Wildman–Crippen MR) is 196 cm³/mol. The molecular formula is C41H46N4O4. The topological polar surface area (TPSA) is 76.8 Å². The second-order valence-electron chi connectivity index (χ2n) is 12.9. The summed E-state index contributed by atoms with van der Waals surface area (Å²) in [6.07, 6.45) is 4.50. The maximum absolute atomic E-state index is 13.8. The largest absolute Gasteiger partial charge is 0.365 e. The van der Waals surface area contributed by atoms with Gasteiger partial charge in [0.2, 0.25) is 5.91 Å². The molecule has 49 heavy (non-hydrogen) atoms. The molecule has 0 N–H and O–H groups in total. The molecule has 1 aliphatic heterocycles. The van der Waals surface area contributed by atoms with Gasteiger partial charge < -0.3 is 14.5 Å². The fourth-order valence-electron chi connectivity index (χ4n) is 6.91. The van der Waals surface area contributed by atoms with E-state index >= 15 is 0 Å². The summed E-state index contributed by atoms with van der Waals surface area (Å²) in [5.74, 6) is -0.312. The van der Waals surface area contributed by atoms with E-state index in [1.54, 1.807) is 28.6 Å². The van der Waals surface area contributed by atoms with E-state index in [-0.39, 0.29) is 24.7 Å². The van der Waals surface area contributed by atoms with Gasteiger partial charge in [0.05, 0.1) is 17.0 Å². The molecule has 8 nitrogen and oxygen atoms in total. The number of likely N-dealkylation sites (N-methyl/N-ethyl adjacent to an activating group) is 1. The lowest BCUT2D eigenvalue weighted by Crippen LogP contribution is -2.44. The average Bonchev–Trinajstić information content (AvgIpc) is 3.16. The zero-order chi connectivity index (χ0) is 34.2. The molecule has 0 bridgehead atoms. The van der Waals surface area contributed by atoms with E-state index in [2.05, 4.69) is 53.4 Å². The second-order valence-corrected chi connectivity index (χ2v) is 12.9. The summed E-state index contributed by atoms with van der Waals surface area (Å²) < 4.78 is 9.49. The van der Waals surface area contributed by atoms with Crippen molar-refractivity contribution in [3.05, 3.63) is 147 Å². The summed E-state index contributed by atoms with van der Waals surface area (Å²) in [6.45, 7) is 5.05. The Morgan fingerprint density at radius 3 is 2.04 bits per heavy atom. The molecule has 1 amide bonds. The van der Waals surface area contributed by atoms with Crippen molar-refractivity contribution < 1.29 is 9.53 Å². The van der Waals surface area contributed by atoms with Crippen LogP contribution in [0.5, 0.6) is 0 Å². The van der Waals surface area contributed by atoms with Crippen molar-refractivity contribution in [1.29, 1.82) is 0 Å². The summed E-state index contributed by atoms with van der Waals surface area (Å²) in [5, 5.41) is 0.442. The normalized spacial score (nSPS) is 14.0. The van der Waals surface area contributed by atoms with Crippen LogP contribution in [0.15, 0.2) is 119 Å². The molecular weight excluding hydrogens is 612 g/mol. The molecule has 1 saturated heterocycles. The van der Waals surface area contributed by atoms with Gasteiger partial charge in [0.15, 0.2) is 0 Å². The minimum Gasteiger partial charge on any atom is -0.365 e. The van der Waals surface area contributed by atoms with Crippen molar-refractivity contribution in [3.63, 3.8) is 0 Å². The number of carbonyl (C=O) groups is 1. The molecule has 0 aliphatic carbocycles. The number of nitrogens with zero attached hydrogens (tertiary/aromatic N) is 4. The number of anilines is 1. The van der Waals surface area contributed by atoms with Crippen molar-refractivity contribution in [2.45, 2.75) is 64.3 Å². The van der Waals surface area contributed by atoms with E-state index < -0.39 is 11.2 Å². The highest BCUT2D eigenvalue weighted by atomic mass is 16.5. The zero-order valence-corrected chi connectivity index (χ0v) is 28.5. The molecule has 2 heterocycles. The zero-order valence-electron chi connectivity index (χ0n) is 28.5. The first-order valence-electron chi connectivity index (χ1n) is 17.5. The lowest BCUT2D eigenvalue weighted by atomic mass is 10.00. The van der Waals surface area contributed by atoms with E-state index in [1.807, 2.05) is 55.5 Å². The fraction of sp³-hybridized carbons (Fsp3) is 0.341. The molecule has 5 aromatic rings. The van der Waals surface area contributed by atoms with Gasteiger partial charge in [-0.15, -0.1) is 0 Å². The number of aryl methyl sites for hydroxylation is 2. The van der Waals surface area contributed by atoms with Crippen LogP contribution in [0.2, 0.25) is 0 Å². The Morgan fingerprint density at radius 1 is 0.776 bits per heavy atom. The molecule has 4 aromatic carbocycles. The van der Waals surface area contributed by atoms with Crippen LogP contribution in [0.25, 0.3) is 10.9 Å². The van der Waals surface area contributed by atoms with E-state index in [4.69, 9.17) is 4.74 Å². The molecule has 1 aliphatic rings. The van der Waals surface area contributed by atoms with Gasteiger partial charge in [0.1, 0.15) is 12.6 Å². The Bertz CT molecular complexity index is 1920. The maximum atomic E-state index is 13.8. The standard InChI is InChI=1S/C41H46N4O4/c1-3-31-16-10-12-22-36(31)42(2)38(46)30-45-40(47)35-21-11-13-23-37(35)44(41(45)48)27-15-14-26-43-28-24-34(25-29-43)49-39(32-17-6-4-7-18-32)33-19-8-5-9-20-33/h4-13,16-23,34,39H,3,14-15,24-30H2,1-2H3. The van der Waals surface area contributed by atoms with Gasteiger partial charge >= 0.3 is 5.69 Å². The summed E-state index contributed by atoms with van der Waals surface area (Å²) in [5.41, 5.74) is 3.88. The van der Waals surface area contributed by atoms with Crippen molar-refractivity contribution in [2.75, 3.05) is 31.6 Å². The number of hydrogen-bond donors (Lipinski definition) is 0. The van der Waals surface area contributed by atoms with E-state index in [0.29, 0.717) is 17.4 Å². The highest BCUT2D eigenvalue weighted by Crippen LogP contribution is 2.30. The van der Waals surface area contributed by atoms with Gasteiger partial charge in [-0.25, -0.2) is 4.79 Å². The third-order valence-corrected chi connectivity index (χ3v) is 9.71. The lowest BCUT2D eigenvalue weighted by molar-refractivity contribution is -0.119. The first kappa shape index (κ1) is 34.1. The Balaban J connectivity index is 1.07. The summed E-state index contributed by atoms with van der Waals surface area (Å²) in [7, 11) is 1.70. The van der Waals surface area contributed by atoms with Crippen LogP contribution in [-0.2, 0) is 29.0 Å². The van der Waals surface area contributed by atoms with Crippen LogP contribution in [-0.4, -0.2) is 52.7 Å². The molecule has 0 atom stereocenters. The molecule has 1 aromatic heterocycles. The molecule has 0 radical (unpaired) electrons. The number of hydrogen-bond acceptors (Lipinski definition) is 5. The van der Waals surface area contributed by atoms with E-state index in [0.717, 1.165) is 67.6 Å². The van der Waals surface area contributed by atoms with Crippen LogP contribution in [0.1, 0.15) is 55.4 Å². The fourth-order valence-corrected chi connectivity index (χ4v) is 6.91. The van der Waals surface area contributed by atoms with Crippen molar-refractivity contribution in [3.8, 4) is 0 Å². The average molecular weight is 659 g/mol. The van der Waals surface area contributed by atoms with Gasteiger partial charge in [-0.2, -0.15) is 0 Å². The number of rotatable bonds is 13. The Hall–Kier alpha value is -4.79. The maximum Gasteiger partial charge on any atom is 0.331 e. The third-order valence-electron chi connectivity index (χ3n) is 9.71. The minimum atomic E-state index is -0.446. The number of unbranched alkanes of at least 4 members (excludes halogenated alkanes) is 1. The SMILES string of the molecule is CCc1ccccc1N(C)C(=O)Cn1c(=O)c2ccccc2n(CCCCN2CCC(OC(c3ccccc3)c3ccccc3)CC2)c1=O. The van der Waals surface area contributed by atoms with Crippen molar-refractivity contribution in [1.82, 2.24) is 14.0 Å². The van der Waals surface area contributed by atoms with E-state index in [9.17, 15) is 14.4 Å². The predicted octanol–water partition coefficient (Wildman–Crippen LogP) is 6.44. The van der Waals surface area contributed by atoms with Crippen LogP contribution >= 0.6 is 0 Å². The number of carbonyl (C=O) groups excluding carboxylic acids is 1. The van der Waals surface area contributed by atoms with Gasteiger partial charge in [0, 0.05) is 32.4 Å². The number of likely N-dealkylation sites (tertiary alicyclic amines) is 1. The van der Waals surface area contributed by atoms with Crippen LogP contribution < -0.4 is 16.1 Å². The molecule has 0 unspecified atom stereocenters. The smallest absolute Gasteiger partial charge is 0.331 e. The Labute approximate surface area is 288 Å². The number of ether oxygens (including phenoxy) is 1. The molecule has 254 valence electrons. The molecule has 0 saturated carbocycles. The van der Waals surface area contributed by atoms with Crippen molar-refractivity contribution >= 4 is 22.5 Å². The number of aromatic nitrogens is 2. The second kappa shape index (κ2) is 16.1. The summed E-state index contributed by atoms with van der Waals surface area (Å²) in [4.78, 5) is 44.7. The monoisotopic (exact) mass is 658 g/mol. The highest BCUT2D eigenvalue weighted by molar-refractivity contribution is 5.93. The number of piperidine rings is 1. The van der Waals surface area contributed by atoms with Crippen LogP contribution in [0.4, 0.5) is 5.69 Å². The number of para-hydroxylation sites is 2. The Morgan fingerprint density at radius 2 is 1.37 bits per heavy atom. The Kier molecular flexibility index (Phi) is 11.2. The highest BCUT2D eigenvalue weighted by Gasteiger charge is 2.25. The number of amides is 1. The third kappa shape index (κ3) is 7.93. The first-order valence-corrected chi connectivity index (χ1v) is 17.5. The first-order chi connectivity index (χ1) is 23.9. The van der Waals surface area contributed by atoms with E-state index in [1.165, 1.54) is 11.1 Å². The molecule has 6 rings (SSSR count). The van der Waals surface area contributed by atoms with Crippen LogP contribution in [0.3, 0.4) is 0 Å². The summed E-state index contributed by atoms with van der Waals surface area (Å²) in [6, 6.07) is 35.8. The van der Waals surface area contributed by atoms with Gasteiger partial charge in [-0.05, 0) is 73.5 Å².